The minimum Gasteiger partial charge on any atom is -0.368 e. The van der Waals surface area contributed by atoms with Gasteiger partial charge in [0.2, 0.25) is 5.13 Å². The van der Waals surface area contributed by atoms with Crippen molar-refractivity contribution in [3.05, 3.63) is 29.4 Å². The molecule has 0 spiro atoms. The molecule has 0 saturated heterocycles. The van der Waals surface area contributed by atoms with Crippen molar-refractivity contribution in [1.82, 2.24) is 20.1 Å². The highest BCUT2D eigenvalue weighted by molar-refractivity contribution is 7.13. The van der Waals surface area contributed by atoms with Gasteiger partial charge in [-0.15, -0.1) is 10.2 Å². The maximum Gasteiger partial charge on any atom is 0.259 e. The molecule has 1 fully saturated rings. The first-order chi connectivity index (χ1) is 11.1. The number of likely N-dealkylation sites (N-methyl/N-ethyl adjacent to an activating group) is 1. The molecule has 8 heteroatoms. The summed E-state index contributed by atoms with van der Waals surface area (Å²) in [6.07, 6.45) is 4.19. The minimum absolute atomic E-state index is 0.232. The van der Waals surface area contributed by atoms with Crippen LogP contribution in [-0.4, -0.2) is 52.7 Å². The van der Waals surface area contributed by atoms with E-state index in [0.29, 0.717) is 16.7 Å². The molecule has 23 heavy (non-hydrogen) atoms. The average Bonchev–Trinajstić information content (AvgIpc) is 3.24. The Morgan fingerprint density at radius 3 is 2.83 bits per heavy atom. The van der Waals surface area contributed by atoms with E-state index in [1.807, 2.05) is 6.07 Å². The number of nitrogens with zero attached hydrogens (tertiary/aromatic N) is 4. The first-order valence-electron chi connectivity index (χ1n) is 7.57. The highest BCUT2D eigenvalue weighted by Crippen LogP contribution is 2.34. The lowest BCUT2D eigenvalue weighted by Gasteiger charge is -2.24. The van der Waals surface area contributed by atoms with Crippen LogP contribution in [0.1, 0.15) is 23.2 Å². The van der Waals surface area contributed by atoms with Gasteiger partial charge < -0.3 is 10.2 Å². The number of amides is 1. The fourth-order valence-corrected chi connectivity index (χ4v) is 2.93. The lowest BCUT2D eigenvalue weighted by atomic mass is 10.1. The maximum absolute atomic E-state index is 12.0. The summed E-state index contributed by atoms with van der Waals surface area (Å²) < 4.78 is 0. The first-order valence-corrected chi connectivity index (χ1v) is 8.45. The van der Waals surface area contributed by atoms with Crippen molar-refractivity contribution >= 4 is 28.2 Å². The van der Waals surface area contributed by atoms with Crippen LogP contribution in [0.4, 0.5) is 10.9 Å². The Kier molecular flexibility index (Phi) is 4.82. The summed E-state index contributed by atoms with van der Waals surface area (Å²) in [4.78, 5) is 18.6. The molecule has 0 aliphatic heterocycles. The van der Waals surface area contributed by atoms with Crippen LogP contribution >= 0.6 is 11.3 Å². The third kappa shape index (κ3) is 4.23. The predicted molar refractivity (Wildman–Crippen MR) is 90.8 cm³/mol. The van der Waals surface area contributed by atoms with Crippen molar-refractivity contribution in [3.8, 4) is 0 Å². The number of rotatable bonds is 7. The molecular weight excluding hydrogens is 312 g/mol. The highest BCUT2D eigenvalue weighted by Gasteiger charge is 2.32. The van der Waals surface area contributed by atoms with Gasteiger partial charge in [0.25, 0.3) is 5.91 Å². The number of hydrogen-bond acceptors (Lipinski definition) is 7. The number of pyridine rings is 1. The Hall–Kier alpha value is -2.06. The fourth-order valence-electron chi connectivity index (χ4n) is 2.49. The molecule has 122 valence electrons. The van der Waals surface area contributed by atoms with Crippen molar-refractivity contribution in [2.45, 2.75) is 18.9 Å². The predicted octanol–water partition coefficient (Wildman–Crippen LogP) is 1.94. The van der Waals surface area contributed by atoms with Crippen LogP contribution in [-0.2, 0) is 0 Å². The summed E-state index contributed by atoms with van der Waals surface area (Å²) in [6.45, 7) is 0.862. The summed E-state index contributed by atoms with van der Waals surface area (Å²) >= 11 is 1.28. The molecule has 0 bridgehead atoms. The molecule has 1 saturated carbocycles. The maximum atomic E-state index is 12.0. The molecule has 2 heterocycles. The van der Waals surface area contributed by atoms with E-state index in [9.17, 15) is 4.79 Å². The third-order valence-electron chi connectivity index (χ3n) is 3.93. The Bertz CT molecular complexity index is 636. The van der Waals surface area contributed by atoms with Gasteiger partial charge in [-0.3, -0.25) is 10.1 Å². The molecule has 1 unspecified atom stereocenters. The summed E-state index contributed by atoms with van der Waals surface area (Å²) in [7, 11) is 4.22. The molecule has 1 atom stereocenters. The molecule has 2 aromatic rings. The second kappa shape index (κ2) is 7.01. The summed E-state index contributed by atoms with van der Waals surface area (Å²) in [5.74, 6) is 1.34. The van der Waals surface area contributed by atoms with Gasteiger partial charge in [0, 0.05) is 18.8 Å². The first kappa shape index (κ1) is 15.8. The van der Waals surface area contributed by atoms with Crippen molar-refractivity contribution in [2.75, 3.05) is 31.3 Å². The third-order valence-corrected chi connectivity index (χ3v) is 4.53. The quantitative estimate of drug-likeness (QED) is 0.806. The number of carbonyl (C=O) groups excluding carboxylic acids is 1. The monoisotopic (exact) mass is 332 g/mol. The van der Waals surface area contributed by atoms with Gasteiger partial charge in [-0.2, -0.15) is 0 Å². The second-order valence-corrected chi connectivity index (χ2v) is 6.71. The molecule has 7 nitrogen and oxygen atoms in total. The van der Waals surface area contributed by atoms with Crippen LogP contribution in [0.3, 0.4) is 0 Å². The summed E-state index contributed by atoms with van der Waals surface area (Å²) in [6, 6.07) is 4.11. The summed E-state index contributed by atoms with van der Waals surface area (Å²) in [5, 5.41) is 14.0. The molecule has 2 N–H and O–H groups in total. The number of nitrogens with one attached hydrogen (secondary N) is 2. The molecule has 1 amide bonds. The smallest absolute Gasteiger partial charge is 0.259 e. The average molecular weight is 332 g/mol. The van der Waals surface area contributed by atoms with Crippen molar-refractivity contribution in [3.63, 3.8) is 0 Å². The summed E-state index contributed by atoms with van der Waals surface area (Å²) in [5.41, 5.74) is 2.07. The molecule has 3 rings (SSSR count). The molecule has 2 aromatic heterocycles. The van der Waals surface area contributed by atoms with Crippen LogP contribution in [0.2, 0.25) is 0 Å². The van der Waals surface area contributed by atoms with E-state index in [1.54, 1.807) is 17.8 Å². The molecule has 1 aliphatic rings. The van der Waals surface area contributed by atoms with E-state index in [4.69, 9.17) is 0 Å². The molecule has 0 radical (unpaired) electrons. The van der Waals surface area contributed by atoms with Crippen LogP contribution in [0.25, 0.3) is 0 Å². The van der Waals surface area contributed by atoms with Crippen LogP contribution < -0.4 is 10.6 Å². The number of carbonyl (C=O) groups is 1. The lowest BCUT2D eigenvalue weighted by Crippen LogP contribution is -2.36. The Morgan fingerprint density at radius 2 is 2.26 bits per heavy atom. The van der Waals surface area contributed by atoms with E-state index in [-0.39, 0.29) is 5.91 Å². The highest BCUT2D eigenvalue weighted by atomic mass is 32.1. The van der Waals surface area contributed by atoms with Gasteiger partial charge in [-0.25, -0.2) is 4.98 Å². The Morgan fingerprint density at radius 1 is 1.43 bits per heavy atom. The zero-order valence-electron chi connectivity index (χ0n) is 13.2. The second-order valence-electron chi connectivity index (χ2n) is 5.88. The van der Waals surface area contributed by atoms with Crippen LogP contribution in [0.5, 0.6) is 0 Å². The van der Waals surface area contributed by atoms with Gasteiger partial charge >= 0.3 is 0 Å². The SMILES string of the molecule is CN(C)C(CNc1ccc(C(=O)Nc2nncs2)cn1)C1CC1. The minimum atomic E-state index is -0.232. The topological polar surface area (TPSA) is 83.0 Å². The fraction of sp³-hybridized carbons (Fsp3) is 0.467. The number of anilines is 2. The largest absolute Gasteiger partial charge is 0.368 e. The molecule has 1 aliphatic carbocycles. The Balaban J connectivity index is 1.55. The van der Waals surface area contributed by atoms with Gasteiger partial charge in [0.05, 0.1) is 5.56 Å². The van der Waals surface area contributed by atoms with E-state index >= 15 is 0 Å². The lowest BCUT2D eigenvalue weighted by molar-refractivity contribution is 0.102. The van der Waals surface area contributed by atoms with E-state index in [2.05, 4.69) is 44.8 Å². The standard InChI is InChI=1S/C15H20N6OS/c1-21(2)12(10-3-4-10)8-17-13-6-5-11(7-16-13)14(22)19-15-20-18-9-23-15/h5-7,9-10,12H,3-4,8H2,1-2H3,(H,16,17)(H,19,20,22). The zero-order chi connectivity index (χ0) is 16.2. The normalized spacial score (nSPS) is 15.4. The van der Waals surface area contributed by atoms with Crippen LogP contribution in [0.15, 0.2) is 23.8 Å². The van der Waals surface area contributed by atoms with Crippen molar-refractivity contribution in [1.29, 1.82) is 0 Å². The zero-order valence-corrected chi connectivity index (χ0v) is 14.0. The number of hydrogen-bond donors (Lipinski definition) is 2. The Labute approximate surface area is 139 Å². The molecule has 0 aromatic carbocycles. The number of aromatic nitrogens is 3. The van der Waals surface area contributed by atoms with Gasteiger partial charge in [-0.1, -0.05) is 11.3 Å². The van der Waals surface area contributed by atoms with Gasteiger partial charge in [-0.05, 0) is 45.0 Å². The van der Waals surface area contributed by atoms with E-state index in [0.717, 1.165) is 18.3 Å². The van der Waals surface area contributed by atoms with Crippen molar-refractivity contribution in [2.24, 2.45) is 5.92 Å². The van der Waals surface area contributed by atoms with E-state index < -0.39 is 0 Å². The van der Waals surface area contributed by atoms with Crippen LogP contribution in [0, 0.1) is 5.92 Å². The van der Waals surface area contributed by atoms with Gasteiger partial charge in [0.15, 0.2) is 0 Å². The molecular formula is C15H20N6OS. The van der Waals surface area contributed by atoms with E-state index in [1.165, 1.54) is 24.2 Å². The van der Waals surface area contributed by atoms with Gasteiger partial charge in [0.1, 0.15) is 11.3 Å². The van der Waals surface area contributed by atoms with Crippen molar-refractivity contribution < 1.29 is 4.79 Å².